The molecule has 0 bridgehead atoms. The largest absolute Gasteiger partial charge is 0.352 e. The summed E-state index contributed by atoms with van der Waals surface area (Å²) in [5, 5.41) is 5.95. The van der Waals surface area contributed by atoms with E-state index in [1.54, 1.807) is 15.9 Å². The van der Waals surface area contributed by atoms with Crippen LogP contribution in [0.1, 0.15) is 36.9 Å². The highest BCUT2D eigenvalue weighted by atomic mass is 32.1. The Morgan fingerprint density at radius 3 is 2.76 bits per heavy atom. The van der Waals surface area contributed by atoms with Crippen LogP contribution in [0.25, 0.3) is 11.0 Å². The Morgan fingerprint density at radius 1 is 1.21 bits per heavy atom. The van der Waals surface area contributed by atoms with E-state index < -0.39 is 0 Å². The molecule has 0 saturated carbocycles. The zero-order valence-corrected chi connectivity index (χ0v) is 17.4. The fourth-order valence-electron chi connectivity index (χ4n) is 3.62. The lowest BCUT2D eigenvalue weighted by Gasteiger charge is -2.19. The summed E-state index contributed by atoms with van der Waals surface area (Å²) >= 11 is 1.61. The molecule has 0 spiro atoms. The summed E-state index contributed by atoms with van der Waals surface area (Å²) in [5.41, 5.74) is 2.30. The van der Waals surface area contributed by atoms with Crippen LogP contribution < -0.4 is 15.8 Å². The van der Waals surface area contributed by atoms with Gasteiger partial charge in [0.25, 0.3) is 5.56 Å². The van der Waals surface area contributed by atoms with Gasteiger partial charge in [0.2, 0.25) is 5.91 Å². The fraction of sp³-hybridized carbons (Fsp3) is 0.429. The van der Waals surface area contributed by atoms with Gasteiger partial charge in [-0.05, 0) is 31.4 Å². The first-order valence-corrected chi connectivity index (χ1v) is 11.0. The average Bonchev–Trinajstić information content (AvgIpc) is 3.43. The normalized spacial score (nSPS) is 13.9. The zero-order valence-electron chi connectivity index (χ0n) is 16.6. The van der Waals surface area contributed by atoms with Gasteiger partial charge in [-0.25, -0.2) is 9.97 Å². The summed E-state index contributed by atoms with van der Waals surface area (Å²) in [5.74, 6) is 0.405. The molecule has 1 N–H and O–H groups in total. The van der Waals surface area contributed by atoms with Crippen LogP contribution >= 0.6 is 11.3 Å². The van der Waals surface area contributed by atoms with Crippen molar-refractivity contribution >= 4 is 34.1 Å². The van der Waals surface area contributed by atoms with E-state index in [2.05, 4.69) is 27.1 Å². The van der Waals surface area contributed by atoms with Gasteiger partial charge in [-0.1, -0.05) is 19.1 Å². The Labute approximate surface area is 173 Å². The second-order valence-electron chi connectivity index (χ2n) is 7.19. The van der Waals surface area contributed by atoms with E-state index in [9.17, 15) is 9.59 Å². The molecule has 152 valence electrons. The van der Waals surface area contributed by atoms with E-state index in [4.69, 9.17) is 0 Å². The van der Waals surface area contributed by atoms with Gasteiger partial charge in [-0.15, -0.1) is 11.3 Å². The molecule has 0 radical (unpaired) electrons. The van der Waals surface area contributed by atoms with Crippen molar-refractivity contribution in [2.24, 2.45) is 0 Å². The number of nitrogens with one attached hydrogen (secondary N) is 1. The van der Waals surface area contributed by atoms with Crippen LogP contribution in [0.5, 0.6) is 0 Å². The number of hydrogen-bond donors (Lipinski definition) is 1. The van der Waals surface area contributed by atoms with Crippen molar-refractivity contribution in [2.45, 2.75) is 45.7 Å². The Bertz CT molecular complexity index is 1070. The minimum absolute atomic E-state index is 0.0911. The molecule has 0 atom stereocenters. The Morgan fingerprint density at radius 2 is 2.00 bits per heavy atom. The van der Waals surface area contributed by atoms with E-state index in [0.717, 1.165) is 54.1 Å². The van der Waals surface area contributed by atoms with Crippen molar-refractivity contribution in [3.8, 4) is 0 Å². The van der Waals surface area contributed by atoms with Gasteiger partial charge in [-0.2, -0.15) is 0 Å². The second-order valence-corrected chi connectivity index (χ2v) is 8.13. The second kappa shape index (κ2) is 8.73. The summed E-state index contributed by atoms with van der Waals surface area (Å²) in [7, 11) is 0. The number of fused-ring (bicyclic) bond motifs is 1. The minimum atomic E-state index is -0.120. The predicted molar refractivity (Wildman–Crippen MR) is 115 cm³/mol. The number of aryl methyl sites for hydroxylation is 2. The Hall–Kier alpha value is -2.74. The lowest BCUT2D eigenvalue weighted by molar-refractivity contribution is -0.121. The third kappa shape index (κ3) is 4.32. The molecule has 3 heterocycles. The van der Waals surface area contributed by atoms with Gasteiger partial charge in [0.05, 0.1) is 28.3 Å². The number of para-hydroxylation sites is 2. The summed E-state index contributed by atoms with van der Waals surface area (Å²) in [4.78, 5) is 36.6. The van der Waals surface area contributed by atoms with Crippen LogP contribution in [0.4, 0.5) is 5.82 Å². The number of benzene rings is 1. The monoisotopic (exact) mass is 411 g/mol. The number of aromatic nitrogens is 3. The molecule has 8 heteroatoms. The lowest BCUT2D eigenvalue weighted by Crippen LogP contribution is -2.33. The van der Waals surface area contributed by atoms with Gasteiger partial charge in [-0.3, -0.25) is 9.59 Å². The van der Waals surface area contributed by atoms with Gasteiger partial charge < -0.3 is 14.8 Å². The molecule has 29 heavy (non-hydrogen) atoms. The molecule has 1 fully saturated rings. The van der Waals surface area contributed by atoms with Gasteiger partial charge >= 0.3 is 0 Å². The van der Waals surface area contributed by atoms with E-state index >= 15 is 0 Å². The molecule has 3 aromatic rings. The van der Waals surface area contributed by atoms with Crippen molar-refractivity contribution in [3.63, 3.8) is 0 Å². The number of hydrogen-bond acceptors (Lipinski definition) is 6. The highest BCUT2D eigenvalue weighted by Crippen LogP contribution is 2.18. The van der Waals surface area contributed by atoms with Gasteiger partial charge in [0.1, 0.15) is 0 Å². The summed E-state index contributed by atoms with van der Waals surface area (Å²) in [6.45, 7) is 4.52. The smallest absolute Gasteiger partial charge is 0.294 e. The van der Waals surface area contributed by atoms with Crippen LogP contribution in [-0.2, 0) is 24.3 Å². The SMILES string of the molecule is CCc1nc(CNC(=O)CCn2c(=O)c(N3CCCC3)nc3ccccc32)cs1. The van der Waals surface area contributed by atoms with E-state index in [1.165, 1.54) is 0 Å². The Balaban J connectivity index is 1.49. The number of amides is 1. The molecule has 7 nitrogen and oxygen atoms in total. The maximum absolute atomic E-state index is 13.1. The number of rotatable bonds is 7. The van der Waals surface area contributed by atoms with Crippen molar-refractivity contribution in [1.82, 2.24) is 19.9 Å². The number of thiazole rings is 1. The number of anilines is 1. The van der Waals surface area contributed by atoms with Crippen LogP contribution in [0.2, 0.25) is 0 Å². The molecule has 2 aromatic heterocycles. The maximum atomic E-state index is 13.1. The summed E-state index contributed by atoms with van der Waals surface area (Å²) < 4.78 is 1.69. The predicted octanol–water partition coefficient (Wildman–Crippen LogP) is 2.72. The highest BCUT2D eigenvalue weighted by molar-refractivity contribution is 7.09. The average molecular weight is 412 g/mol. The van der Waals surface area contributed by atoms with Gasteiger partial charge in [0.15, 0.2) is 5.82 Å². The minimum Gasteiger partial charge on any atom is -0.352 e. The van der Waals surface area contributed by atoms with Crippen LogP contribution in [0.3, 0.4) is 0 Å². The van der Waals surface area contributed by atoms with Crippen LogP contribution in [0, 0.1) is 0 Å². The topological polar surface area (TPSA) is 80.1 Å². The molecule has 1 aliphatic heterocycles. The standard InChI is InChI=1S/C21H25N5O2S/c1-2-19-23-15(14-29-19)13-22-18(27)9-12-26-17-8-4-3-7-16(17)24-20(21(26)28)25-10-5-6-11-25/h3-4,7-8,14H,2,5-6,9-13H2,1H3,(H,22,27). The molecule has 1 aliphatic rings. The third-order valence-electron chi connectivity index (χ3n) is 5.17. The van der Waals surface area contributed by atoms with Gasteiger partial charge in [0, 0.05) is 31.4 Å². The molecule has 1 aromatic carbocycles. The maximum Gasteiger partial charge on any atom is 0.294 e. The molecule has 1 saturated heterocycles. The number of carbonyl (C=O) groups is 1. The van der Waals surface area contributed by atoms with E-state index in [-0.39, 0.29) is 17.9 Å². The zero-order chi connectivity index (χ0) is 20.2. The van der Waals surface area contributed by atoms with E-state index in [0.29, 0.717) is 18.9 Å². The summed E-state index contributed by atoms with van der Waals surface area (Å²) in [6, 6.07) is 7.61. The van der Waals surface area contributed by atoms with Crippen LogP contribution in [-0.4, -0.2) is 33.5 Å². The van der Waals surface area contributed by atoms with Crippen molar-refractivity contribution < 1.29 is 4.79 Å². The molecular formula is C21H25N5O2S. The molecule has 1 amide bonds. The summed E-state index contributed by atoms with van der Waals surface area (Å²) in [6.07, 6.45) is 3.29. The number of nitrogens with zero attached hydrogens (tertiary/aromatic N) is 4. The third-order valence-corrected chi connectivity index (χ3v) is 6.21. The van der Waals surface area contributed by atoms with Crippen molar-refractivity contribution in [2.75, 3.05) is 18.0 Å². The molecule has 4 rings (SSSR count). The fourth-order valence-corrected chi connectivity index (χ4v) is 4.36. The molecule has 0 aliphatic carbocycles. The first kappa shape index (κ1) is 19.6. The molecule has 0 unspecified atom stereocenters. The Kier molecular flexibility index (Phi) is 5.89. The number of carbonyl (C=O) groups excluding carboxylic acids is 1. The lowest BCUT2D eigenvalue weighted by atomic mass is 10.2. The van der Waals surface area contributed by atoms with Crippen molar-refractivity contribution in [1.29, 1.82) is 0 Å². The van der Waals surface area contributed by atoms with E-state index in [1.807, 2.05) is 29.6 Å². The highest BCUT2D eigenvalue weighted by Gasteiger charge is 2.20. The first-order chi connectivity index (χ1) is 14.2. The molecular weight excluding hydrogens is 386 g/mol. The van der Waals surface area contributed by atoms with Crippen molar-refractivity contribution in [3.05, 3.63) is 50.7 Å². The quantitative estimate of drug-likeness (QED) is 0.647. The van der Waals surface area contributed by atoms with Crippen LogP contribution in [0.15, 0.2) is 34.4 Å². The first-order valence-electron chi connectivity index (χ1n) is 10.1.